The molecule has 0 aliphatic carbocycles. The molecule has 0 bridgehead atoms. The largest absolute Gasteiger partial charge is 0.472 e. The van der Waals surface area contributed by atoms with E-state index in [4.69, 9.17) is 30.6 Å². The molecule has 0 N–H and O–H groups in total. The molecule has 1 amide bonds. The molecule has 1 aliphatic rings. The van der Waals surface area contributed by atoms with Gasteiger partial charge in [0.05, 0.1) is 31.2 Å². The quantitative estimate of drug-likeness (QED) is 0.187. The van der Waals surface area contributed by atoms with Gasteiger partial charge in [0.25, 0.3) is 10.0 Å². The molecule has 0 saturated heterocycles. The van der Waals surface area contributed by atoms with Crippen molar-refractivity contribution in [2.24, 2.45) is 4.40 Å². The number of hydrogen-bond acceptors (Lipinski definition) is 8. The number of carbonyl (C=O) groups excluding carboxylic acids is 1. The molecule has 3 aromatic carbocycles. The molecule has 0 fully saturated rings. The highest BCUT2D eigenvalue weighted by Gasteiger charge is 2.29. The summed E-state index contributed by atoms with van der Waals surface area (Å²) in [5, 5.41) is 6.11. The van der Waals surface area contributed by atoms with Crippen LogP contribution in [0.3, 0.4) is 0 Å². The van der Waals surface area contributed by atoms with Gasteiger partial charge in [-0.05, 0) is 42.5 Å². The van der Waals surface area contributed by atoms with Crippen molar-refractivity contribution in [3.05, 3.63) is 114 Å². The maximum absolute atomic E-state index is 11.9. The highest BCUT2D eigenvalue weighted by molar-refractivity contribution is 7.90. The van der Waals surface area contributed by atoms with Gasteiger partial charge in [0.2, 0.25) is 11.8 Å². The number of anilines is 1. The number of benzene rings is 3. The molecule has 4 aromatic rings. The molecule has 0 saturated carbocycles. The van der Waals surface area contributed by atoms with E-state index in [2.05, 4.69) is 16.1 Å². The lowest BCUT2D eigenvalue weighted by Crippen LogP contribution is -2.30. The predicted molar refractivity (Wildman–Crippen MR) is 158 cm³/mol. The number of sulfonamides is 1. The number of nitrogens with zero attached hydrogens (tertiary/aromatic N) is 4. The second-order valence-electron chi connectivity index (χ2n) is 8.41. The molecule has 218 valence electrons. The van der Waals surface area contributed by atoms with E-state index in [1.54, 1.807) is 59.4 Å². The number of aromatic nitrogens is 2. The van der Waals surface area contributed by atoms with Gasteiger partial charge in [-0.1, -0.05) is 54.6 Å². The monoisotopic (exact) mass is 610 g/mol. The summed E-state index contributed by atoms with van der Waals surface area (Å²) in [5.74, 6) is 0.590. The SMILES string of the molecule is C=CCOC1=NS(=O)(=O)c2ccccc21.COC(=O)N(OC)c1ccccc1COc1ccn(-c2ccc(Cl)cc2)n1. The topological polar surface area (TPSA) is 122 Å². The molecule has 42 heavy (non-hydrogen) atoms. The Bertz CT molecular complexity index is 1690. The Morgan fingerprint density at radius 2 is 1.71 bits per heavy atom. The van der Waals surface area contributed by atoms with Crippen molar-refractivity contribution in [3.63, 3.8) is 0 Å². The van der Waals surface area contributed by atoms with Crippen LogP contribution in [-0.4, -0.2) is 51.0 Å². The third-order valence-electron chi connectivity index (χ3n) is 5.70. The first-order valence-electron chi connectivity index (χ1n) is 12.4. The summed E-state index contributed by atoms with van der Waals surface area (Å²) >= 11 is 5.91. The van der Waals surface area contributed by atoms with Gasteiger partial charge in [0, 0.05) is 22.8 Å². The number of carbonyl (C=O) groups is 1. The maximum atomic E-state index is 11.9. The summed E-state index contributed by atoms with van der Waals surface area (Å²) in [7, 11) is -0.877. The molecular weight excluding hydrogens is 584 g/mol. The summed E-state index contributed by atoms with van der Waals surface area (Å²) in [6.07, 6.45) is 2.70. The van der Waals surface area contributed by atoms with Gasteiger partial charge in [0.1, 0.15) is 18.1 Å². The third kappa shape index (κ3) is 7.16. The van der Waals surface area contributed by atoms with E-state index in [0.717, 1.165) is 16.3 Å². The summed E-state index contributed by atoms with van der Waals surface area (Å²) in [5.41, 5.74) is 2.65. The fourth-order valence-electron chi connectivity index (χ4n) is 3.78. The Kier molecular flexibility index (Phi) is 9.97. The lowest BCUT2D eigenvalue weighted by molar-refractivity contribution is 0.115. The summed E-state index contributed by atoms with van der Waals surface area (Å²) < 4.78 is 44.0. The van der Waals surface area contributed by atoms with Gasteiger partial charge in [-0.25, -0.2) is 9.48 Å². The number of para-hydroxylation sites is 1. The van der Waals surface area contributed by atoms with Crippen molar-refractivity contribution in [2.45, 2.75) is 11.5 Å². The van der Waals surface area contributed by atoms with Crippen molar-refractivity contribution < 1.29 is 32.3 Å². The number of rotatable bonds is 8. The van der Waals surface area contributed by atoms with Crippen LogP contribution in [0.1, 0.15) is 11.1 Å². The first-order valence-corrected chi connectivity index (χ1v) is 14.2. The molecule has 0 radical (unpaired) electrons. The van der Waals surface area contributed by atoms with E-state index >= 15 is 0 Å². The highest BCUT2D eigenvalue weighted by atomic mass is 35.5. The average Bonchev–Trinajstić information content (AvgIpc) is 3.58. The van der Waals surface area contributed by atoms with Gasteiger partial charge in [-0.15, -0.1) is 9.50 Å². The number of amides is 1. The summed E-state index contributed by atoms with van der Waals surface area (Å²) in [6.45, 7) is 3.92. The van der Waals surface area contributed by atoms with Crippen LogP contribution in [0.2, 0.25) is 5.02 Å². The second-order valence-corrected chi connectivity index (χ2v) is 10.4. The maximum Gasteiger partial charge on any atom is 0.438 e. The van der Waals surface area contributed by atoms with E-state index in [0.29, 0.717) is 22.2 Å². The third-order valence-corrected chi connectivity index (χ3v) is 7.27. The van der Waals surface area contributed by atoms with Crippen molar-refractivity contribution in [1.29, 1.82) is 0 Å². The number of methoxy groups -OCH3 is 1. The van der Waals surface area contributed by atoms with Gasteiger partial charge in [-0.3, -0.25) is 4.84 Å². The molecule has 13 heteroatoms. The van der Waals surface area contributed by atoms with Gasteiger partial charge < -0.3 is 14.2 Å². The smallest absolute Gasteiger partial charge is 0.438 e. The van der Waals surface area contributed by atoms with Crippen LogP contribution >= 0.6 is 11.6 Å². The predicted octanol–water partition coefficient (Wildman–Crippen LogP) is 5.58. The van der Waals surface area contributed by atoms with Crippen LogP contribution < -0.4 is 9.80 Å². The Morgan fingerprint density at radius 1 is 1.00 bits per heavy atom. The van der Waals surface area contributed by atoms with E-state index < -0.39 is 16.1 Å². The second kappa shape index (κ2) is 13.8. The Morgan fingerprint density at radius 3 is 2.43 bits per heavy atom. The molecule has 11 nitrogen and oxygen atoms in total. The minimum Gasteiger partial charge on any atom is -0.472 e. The van der Waals surface area contributed by atoms with Gasteiger partial charge in [0.15, 0.2) is 0 Å². The van der Waals surface area contributed by atoms with Crippen LogP contribution in [0.5, 0.6) is 5.88 Å². The zero-order valence-electron chi connectivity index (χ0n) is 22.7. The summed E-state index contributed by atoms with van der Waals surface area (Å²) in [4.78, 5) is 17.2. The fraction of sp³-hybridized carbons (Fsp3) is 0.138. The lowest BCUT2D eigenvalue weighted by Gasteiger charge is -2.20. The number of fused-ring (bicyclic) bond motifs is 1. The van der Waals surface area contributed by atoms with E-state index in [1.165, 1.54) is 26.4 Å². The van der Waals surface area contributed by atoms with Gasteiger partial charge >= 0.3 is 6.09 Å². The van der Waals surface area contributed by atoms with Gasteiger partial charge in [-0.2, -0.15) is 13.5 Å². The average molecular weight is 611 g/mol. The van der Waals surface area contributed by atoms with Crippen LogP contribution in [0.25, 0.3) is 5.69 Å². The van der Waals surface area contributed by atoms with Crippen LogP contribution in [0.15, 0.2) is 107 Å². The van der Waals surface area contributed by atoms with Crippen LogP contribution in [0.4, 0.5) is 10.5 Å². The Labute approximate surface area is 248 Å². The fourth-order valence-corrected chi connectivity index (χ4v) is 5.05. The minimum atomic E-state index is -3.56. The first-order chi connectivity index (χ1) is 20.3. The van der Waals surface area contributed by atoms with E-state index in [1.807, 2.05) is 24.3 Å². The minimum absolute atomic E-state index is 0.144. The first kappa shape index (κ1) is 30.3. The summed E-state index contributed by atoms with van der Waals surface area (Å²) in [6, 6.07) is 22.9. The molecule has 1 aromatic heterocycles. The molecule has 0 spiro atoms. The molecule has 1 aliphatic heterocycles. The van der Waals surface area contributed by atoms with Crippen molar-refractivity contribution in [1.82, 2.24) is 9.78 Å². The number of hydroxylamine groups is 1. The molecule has 0 unspecified atom stereocenters. The highest BCUT2D eigenvalue weighted by Crippen LogP contribution is 2.26. The van der Waals surface area contributed by atoms with Crippen LogP contribution in [0, 0.1) is 0 Å². The molecule has 5 rings (SSSR count). The number of ether oxygens (including phenoxy) is 3. The van der Waals surface area contributed by atoms with E-state index in [9.17, 15) is 13.2 Å². The van der Waals surface area contributed by atoms with Crippen molar-refractivity contribution in [2.75, 3.05) is 25.9 Å². The lowest BCUT2D eigenvalue weighted by atomic mass is 10.2. The van der Waals surface area contributed by atoms with E-state index in [-0.39, 0.29) is 24.0 Å². The van der Waals surface area contributed by atoms with Crippen LogP contribution in [-0.2, 0) is 30.9 Å². The number of halogens is 1. The zero-order chi connectivity index (χ0) is 30.1. The van der Waals surface area contributed by atoms with Crippen molar-refractivity contribution >= 4 is 39.3 Å². The number of hydrogen-bond donors (Lipinski definition) is 0. The molecule has 0 atom stereocenters. The standard InChI is InChI=1S/C19H18ClN3O4.C10H9NO3S/c1-25-19(24)23(26-2)17-6-4-3-5-14(17)13-27-18-11-12-22(21-18)16-9-7-15(20)8-10-16;1-2-7-14-10-8-5-3-4-6-9(8)15(12,13)11-10/h3-12H,13H2,1-2H3;2-6H,1,7H2. The zero-order valence-corrected chi connectivity index (χ0v) is 24.3. The Hall–Kier alpha value is -4.65. The van der Waals surface area contributed by atoms with Crippen molar-refractivity contribution in [3.8, 4) is 11.6 Å². The molecule has 2 heterocycles. The molecular formula is C29H27ClN4O7S. The normalized spacial score (nSPS) is 12.7. The Balaban J connectivity index is 0.000000227.